The maximum atomic E-state index is 5.99. The number of ether oxygens (including phenoxy) is 2. The van der Waals surface area contributed by atoms with Crippen molar-refractivity contribution in [3.05, 3.63) is 48.3 Å². The lowest BCUT2D eigenvalue weighted by Crippen LogP contribution is -2.39. The maximum Gasteiger partial charge on any atom is 0.194 e. The molecule has 1 aromatic heterocycles. The Balaban J connectivity index is 1.99. The highest BCUT2D eigenvalue weighted by Gasteiger charge is 2.11. The lowest BCUT2D eigenvalue weighted by atomic mass is 10.3. The van der Waals surface area contributed by atoms with Crippen molar-refractivity contribution in [3.8, 4) is 11.5 Å². The summed E-state index contributed by atoms with van der Waals surface area (Å²) in [5, 5.41) is 3.34. The highest BCUT2D eigenvalue weighted by Crippen LogP contribution is 2.26. The second-order valence-corrected chi connectivity index (χ2v) is 6.24. The van der Waals surface area contributed by atoms with Gasteiger partial charge in [-0.2, -0.15) is 0 Å². The first-order valence-corrected chi connectivity index (χ1v) is 8.94. The third-order valence-corrected chi connectivity index (χ3v) is 4.04. The molecule has 0 aliphatic rings. The van der Waals surface area contributed by atoms with E-state index in [-0.39, 0.29) is 6.10 Å². The molecule has 6 heteroatoms. The average molecular weight is 358 g/mol. The molecule has 2 aromatic rings. The van der Waals surface area contributed by atoms with Crippen LogP contribution in [0.25, 0.3) is 0 Å². The zero-order valence-electron chi connectivity index (χ0n) is 16.4. The smallest absolute Gasteiger partial charge is 0.194 e. The molecule has 1 heterocycles. The van der Waals surface area contributed by atoms with Gasteiger partial charge in [0.05, 0.1) is 20.2 Å². The molecule has 0 amide bonds. The summed E-state index contributed by atoms with van der Waals surface area (Å²) in [4.78, 5) is 6.85. The topological polar surface area (TPSA) is 51.0 Å². The molecule has 142 valence electrons. The molecule has 0 fully saturated rings. The van der Waals surface area contributed by atoms with Gasteiger partial charge < -0.3 is 24.3 Å². The lowest BCUT2D eigenvalue weighted by molar-refractivity contribution is 0.219. The number of benzene rings is 1. The summed E-state index contributed by atoms with van der Waals surface area (Å²) >= 11 is 0. The van der Waals surface area contributed by atoms with Gasteiger partial charge in [0.25, 0.3) is 0 Å². The van der Waals surface area contributed by atoms with Gasteiger partial charge in [-0.15, -0.1) is 0 Å². The third kappa shape index (κ3) is 5.44. The lowest BCUT2D eigenvalue weighted by Gasteiger charge is -2.23. The van der Waals surface area contributed by atoms with Crippen molar-refractivity contribution in [1.29, 1.82) is 0 Å². The highest BCUT2D eigenvalue weighted by molar-refractivity contribution is 5.79. The summed E-state index contributed by atoms with van der Waals surface area (Å²) in [5.41, 5.74) is 1.23. The second-order valence-electron chi connectivity index (χ2n) is 6.24. The van der Waals surface area contributed by atoms with E-state index in [1.54, 1.807) is 7.11 Å². The van der Waals surface area contributed by atoms with Crippen molar-refractivity contribution in [2.75, 3.05) is 27.2 Å². The first-order chi connectivity index (χ1) is 12.5. The van der Waals surface area contributed by atoms with Gasteiger partial charge >= 0.3 is 0 Å². The molecule has 0 aliphatic heterocycles. The number of hydrogen-bond donors (Lipinski definition) is 1. The average Bonchev–Trinajstić information content (AvgIpc) is 3.03. The van der Waals surface area contributed by atoms with E-state index >= 15 is 0 Å². The number of nitrogens with zero attached hydrogens (tertiary/aromatic N) is 3. The monoisotopic (exact) mass is 358 g/mol. The van der Waals surface area contributed by atoms with E-state index in [9.17, 15) is 0 Å². The Hall–Kier alpha value is -2.63. The Morgan fingerprint density at radius 3 is 2.58 bits per heavy atom. The van der Waals surface area contributed by atoms with Crippen molar-refractivity contribution in [2.24, 2.45) is 12.0 Å². The Bertz CT molecular complexity index is 711. The molecule has 1 aromatic carbocycles. The van der Waals surface area contributed by atoms with Crippen molar-refractivity contribution >= 4 is 5.96 Å². The van der Waals surface area contributed by atoms with Crippen LogP contribution in [0.15, 0.2) is 47.6 Å². The van der Waals surface area contributed by atoms with Crippen LogP contribution in [0, 0.1) is 0 Å². The predicted molar refractivity (Wildman–Crippen MR) is 106 cm³/mol. The van der Waals surface area contributed by atoms with Crippen molar-refractivity contribution in [3.63, 3.8) is 0 Å². The van der Waals surface area contributed by atoms with Crippen LogP contribution in [-0.4, -0.2) is 48.8 Å². The van der Waals surface area contributed by atoms with Gasteiger partial charge in [0, 0.05) is 32.5 Å². The van der Waals surface area contributed by atoms with E-state index in [2.05, 4.69) is 47.1 Å². The minimum Gasteiger partial charge on any atom is -0.493 e. The molecule has 0 bridgehead atoms. The number of guanidine groups is 1. The summed E-state index contributed by atoms with van der Waals surface area (Å²) in [6, 6.07) is 11.8. The van der Waals surface area contributed by atoms with Crippen molar-refractivity contribution in [2.45, 2.75) is 26.5 Å². The summed E-state index contributed by atoms with van der Waals surface area (Å²) < 4.78 is 13.4. The van der Waals surface area contributed by atoms with E-state index in [1.165, 1.54) is 5.69 Å². The van der Waals surface area contributed by atoms with Gasteiger partial charge in [0.2, 0.25) is 0 Å². The number of aryl methyl sites for hydroxylation is 1. The quantitative estimate of drug-likeness (QED) is 0.582. The zero-order chi connectivity index (χ0) is 18.9. The number of aliphatic imine (C=N–C) groups is 1. The first kappa shape index (κ1) is 19.7. The second kappa shape index (κ2) is 9.75. The largest absolute Gasteiger partial charge is 0.493 e. The van der Waals surface area contributed by atoms with Crippen LogP contribution in [0.2, 0.25) is 0 Å². The first-order valence-electron chi connectivity index (χ1n) is 8.94. The predicted octanol–water partition coefficient (Wildman–Crippen LogP) is 2.90. The van der Waals surface area contributed by atoms with Crippen LogP contribution in [0.5, 0.6) is 11.5 Å². The van der Waals surface area contributed by atoms with Crippen molar-refractivity contribution in [1.82, 2.24) is 14.8 Å². The number of nitrogens with one attached hydrogen (secondary N) is 1. The standard InChI is InChI=1S/C20H30N4O2/c1-6-21-20(24(4)15-17-10-9-13-23(17)3)22-14-16(2)26-19-12-8-7-11-18(19)25-5/h7-13,16H,6,14-15H2,1-5H3,(H,21,22). The SMILES string of the molecule is CCNC(=NCC(C)Oc1ccccc1OC)N(C)Cc1cccn1C. The molecule has 6 nitrogen and oxygen atoms in total. The molecule has 0 aliphatic carbocycles. The number of para-hydroxylation sites is 2. The van der Waals surface area contributed by atoms with Crippen LogP contribution >= 0.6 is 0 Å². The maximum absolute atomic E-state index is 5.99. The summed E-state index contributed by atoms with van der Waals surface area (Å²) in [5.74, 6) is 2.33. The van der Waals surface area contributed by atoms with Gasteiger partial charge in [0.15, 0.2) is 17.5 Å². The molecule has 1 atom stereocenters. The fraction of sp³-hybridized carbons (Fsp3) is 0.450. The van der Waals surface area contributed by atoms with E-state index in [0.717, 1.165) is 30.5 Å². The Morgan fingerprint density at radius 2 is 1.96 bits per heavy atom. The van der Waals surface area contributed by atoms with E-state index in [1.807, 2.05) is 38.2 Å². The molecule has 0 saturated carbocycles. The van der Waals surface area contributed by atoms with Crippen LogP contribution in [0.4, 0.5) is 0 Å². The summed E-state index contributed by atoms with van der Waals surface area (Å²) in [6.45, 7) is 6.24. The van der Waals surface area contributed by atoms with Crippen LogP contribution in [0.3, 0.4) is 0 Å². The number of rotatable bonds is 8. The van der Waals surface area contributed by atoms with Gasteiger partial charge in [-0.05, 0) is 38.1 Å². The molecule has 1 unspecified atom stereocenters. The van der Waals surface area contributed by atoms with Gasteiger partial charge in [-0.1, -0.05) is 12.1 Å². The highest BCUT2D eigenvalue weighted by atomic mass is 16.5. The van der Waals surface area contributed by atoms with E-state index in [4.69, 9.17) is 14.5 Å². The zero-order valence-corrected chi connectivity index (χ0v) is 16.4. The van der Waals surface area contributed by atoms with Gasteiger partial charge in [-0.3, -0.25) is 0 Å². The Morgan fingerprint density at radius 1 is 1.23 bits per heavy atom. The van der Waals surface area contributed by atoms with Crippen molar-refractivity contribution < 1.29 is 9.47 Å². The van der Waals surface area contributed by atoms with Gasteiger partial charge in [-0.25, -0.2) is 4.99 Å². The Labute approximate surface area is 156 Å². The minimum atomic E-state index is -0.0663. The Kier molecular flexibility index (Phi) is 7.38. The third-order valence-electron chi connectivity index (χ3n) is 4.04. The van der Waals surface area contributed by atoms with E-state index < -0.39 is 0 Å². The molecule has 26 heavy (non-hydrogen) atoms. The van der Waals surface area contributed by atoms with Crippen LogP contribution in [0.1, 0.15) is 19.5 Å². The van der Waals surface area contributed by atoms with E-state index in [0.29, 0.717) is 6.54 Å². The van der Waals surface area contributed by atoms with Gasteiger partial charge in [0.1, 0.15) is 6.10 Å². The minimum absolute atomic E-state index is 0.0663. The van der Waals surface area contributed by atoms with Crippen LogP contribution in [-0.2, 0) is 13.6 Å². The number of methoxy groups -OCH3 is 1. The molecule has 0 spiro atoms. The molecule has 0 radical (unpaired) electrons. The summed E-state index contributed by atoms with van der Waals surface area (Å²) in [6.07, 6.45) is 1.99. The number of aromatic nitrogens is 1. The van der Waals surface area contributed by atoms with Crippen LogP contribution < -0.4 is 14.8 Å². The fourth-order valence-electron chi connectivity index (χ4n) is 2.63. The normalized spacial score (nSPS) is 12.6. The number of hydrogen-bond acceptors (Lipinski definition) is 3. The molecular formula is C20H30N4O2. The summed E-state index contributed by atoms with van der Waals surface area (Å²) in [7, 11) is 5.74. The molecule has 2 rings (SSSR count). The molecule has 1 N–H and O–H groups in total. The molecule has 0 saturated heterocycles. The fourth-order valence-corrected chi connectivity index (χ4v) is 2.63. The molecular weight excluding hydrogens is 328 g/mol.